The van der Waals surface area contributed by atoms with Crippen LogP contribution in [0.1, 0.15) is 41.7 Å². The van der Waals surface area contributed by atoms with E-state index in [-0.39, 0.29) is 5.41 Å². The Balaban J connectivity index is 1.43. The molecule has 1 atom stereocenters. The monoisotopic (exact) mass is 565 g/mol. The molecule has 0 amide bonds. The maximum atomic E-state index is 7.47. The summed E-state index contributed by atoms with van der Waals surface area (Å²) in [6, 6.07) is 34.7. The molecule has 0 spiro atoms. The molecular formula is C39H35NO3. The van der Waals surface area contributed by atoms with Gasteiger partial charge < -0.3 is 19.1 Å². The van der Waals surface area contributed by atoms with Crippen LogP contribution in [-0.2, 0) is 15.8 Å². The Morgan fingerprint density at radius 3 is 2.26 bits per heavy atom. The van der Waals surface area contributed by atoms with Gasteiger partial charge in [-0.25, -0.2) is 0 Å². The molecular weight excluding hydrogens is 530 g/mol. The molecule has 0 saturated carbocycles. The smallest absolute Gasteiger partial charge is 0.178 e. The highest BCUT2D eigenvalue weighted by Gasteiger charge is 2.44. The number of hydrogen-bond acceptors (Lipinski definition) is 4. The van der Waals surface area contributed by atoms with Crippen LogP contribution in [0.4, 0.5) is 5.69 Å². The Morgan fingerprint density at radius 1 is 0.767 bits per heavy atom. The van der Waals surface area contributed by atoms with Crippen LogP contribution in [0.25, 0.3) is 28.0 Å². The van der Waals surface area contributed by atoms with Gasteiger partial charge in [0.2, 0.25) is 0 Å². The summed E-state index contributed by atoms with van der Waals surface area (Å²) in [5.74, 6) is 1.76. The molecule has 4 nitrogen and oxygen atoms in total. The third kappa shape index (κ3) is 3.86. The molecule has 1 saturated heterocycles. The van der Waals surface area contributed by atoms with Crippen LogP contribution in [0.2, 0.25) is 0 Å². The van der Waals surface area contributed by atoms with Gasteiger partial charge >= 0.3 is 0 Å². The number of nitrogens with zero attached hydrogens (tertiary/aromatic N) is 1. The van der Waals surface area contributed by atoms with Crippen molar-refractivity contribution in [1.29, 1.82) is 0 Å². The molecule has 1 fully saturated rings. The average Bonchev–Trinajstić information content (AvgIpc) is 3.32. The summed E-state index contributed by atoms with van der Waals surface area (Å²) in [6.45, 7) is 7.96. The van der Waals surface area contributed by atoms with Gasteiger partial charge in [-0.2, -0.15) is 0 Å². The van der Waals surface area contributed by atoms with E-state index in [0.29, 0.717) is 0 Å². The molecule has 3 aliphatic rings. The number of rotatable bonds is 4. The largest absolute Gasteiger partial charge is 0.497 e. The van der Waals surface area contributed by atoms with E-state index >= 15 is 0 Å². The highest BCUT2D eigenvalue weighted by molar-refractivity contribution is 6.09. The number of methoxy groups -OCH3 is 1. The van der Waals surface area contributed by atoms with Crippen molar-refractivity contribution in [2.24, 2.45) is 0 Å². The average molecular weight is 566 g/mol. The summed E-state index contributed by atoms with van der Waals surface area (Å²) in [5.41, 5.74) is 8.89. The molecule has 0 aromatic heterocycles. The van der Waals surface area contributed by atoms with Gasteiger partial charge in [-0.1, -0.05) is 92.7 Å². The lowest BCUT2D eigenvalue weighted by Crippen LogP contribution is -2.36. The number of anilines is 1. The van der Waals surface area contributed by atoms with Gasteiger partial charge in [-0.15, -0.1) is 0 Å². The van der Waals surface area contributed by atoms with Gasteiger partial charge in [-0.05, 0) is 58.0 Å². The zero-order valence-electron chi connectivity index (χ0n) is 24.9. The summed E-state index contributed by atoms with van der Waals surface area (Å²) in [5, 5.41) is 2.37. The maximum absolute atomic E-state index is 7.47. The lowest BCUT2D eigenvalue weighted by atomic mass is 9.77. The molecule has 8 rings (SSSR count). The van der Waals surface area contributed by atoms with Crippen molar-refractivity contribution in [1.82, 2.24) is 0 Å². The van der Waals surface area contributed by atoms with E-state index in [2.05, 4.69) is 116 Å². The SMILES string of the molecule is COc1ccc(C2(c3ccccc3)C=Cc3c4c(c5ccc(N6CCOCC6)cc5c3O2)-c2ccccc2C4(C)C)cc1. The normalized spacial score (nSPS) is 19.8. The highest BCUT2D eigenvalue weighted by atomic mass is 16.5. The summed E-state index contributed by atoms with van der Waals surface area (Å²) in [6.07, 6.45) is 4.58. The first kappa shape index (κ1) is 26.1. The first-order valence-electron chi connectivity index (χ1n) is 15.2. The molecule has 214 valence electrons. The fraction of sp³-hybridized carbons (Fsp3) is 0.231. The Labute approximate surface area is 253 Å². The lowest BCUT2D eigenvalue weighted by molar-refractivity contribution is 0.122. The van der Waals surface area contributed by atoms with Gasteiger partial charge in [-0.3, -0.25) is 0 Å². The molecule has 43 heavy (non-hydrogen) atoms. The molecule has 2 aliphatic heterocycles. The number of morpholine rings is 1. The second kappa shape index (κ2) is 9.75. The molecule has 0 bridgehead atoms. The summed E-state index contributed by atoms with van der Waals surface area (Å²) < 4.78 is 18.7. The minimum absolute atomic E-state index is 0.173. The minimum Gasteiger partial charge on any atom is -0.497 e. The van der Waals surface area contributed by atoms with E-state index in [1.165, 1.54) is 38.9 Å². The summed E-state index contributed by atoms with van der Waals surface area (Å²) in [4.78, 5) is 2.42. The zero-order valence-corrected chi connectivity index (χ0v) is 24.9. The van der Waals surface area contributed by atoms with Gasteiger partial charge in [0.25, 0.3) is 0 Å². The fourth-order valence-corrected chi connectivity index (χ4v) is 7.46. The minimum atomic E-state index is -0.799. The van der Waals surface area contributed by atoms with Crippen LogP contribution in [-0.4, -0.2) is 33.4 Å². The molecule has 5 aromatic rings. The van der Waals surface area contributed by atoms with Gasteiger partial charge in [0.05, 0.1) is 20.3 Å². The molecule has 1 aliphatic carbocycles. The van der Waals surface area contributed by atoms with Crippen LogP contribution in [0, 0.1) is 0 Å². The van der Waals surface area contributed by atoms with Crippen LogP contribution < -0.4 is 14.4 Å². The van der Waals surface area contributed by atoms with Crippen LogP contribution in [0.15, 0.2) is 103 Å². The number of hydrogen-bond donors (Lipinski definition) is 0. The Bertz CT molecular complexity index is 1880. The standard InChI is InChI=1S/C39H35NO3/c1-38(2)34-12-8-7-11-31(34)35-30-18-15-28(40-21-23-42-24-22-40)25-33(30)37-32(36(35)38)19-20-39(43-37,26-9-5-4-6-10-26)27-13-16-29(41-3)17-14-27/h4-20,25H,21-24H2,1-3H3. The Morgan fingerprint density at radius 2 is 1.49 bits per heavy atom. The topological polar surface area (TPSA) is 30.9 Å². The van der Waals surface area contributed by atoms with E-state index in [1.54, 1.807) is 7.11 Å². The van der Waals surface area contributed by atoms with Crippen molar-refractivity contribution in [2.75, 3.05) is 38.3 Å². The van der Waals surface area contributed by atoms with Gasteiger partial charge in [0.1, 0.15) is 11.5 Å². The molecule has 5 aromatic carbocycles. The third-order valence-electron chi connectivity index (χ3n) is 9.62. The Kier molecular flexibility index (Phi) is 5.92. The number of benzene rings is 5. The first-order valence-corrected chi connectivity index (χ1v) is 15.2. The third-order valence-corrected chi connectivity index (χ3v) is 9.62. The second-order valence-electron chi connectivity index (χ2n) is 12.3. The molecule has 4 heteroatoms. The predicted octanol–water partition coefficient (Wildman–Crippen LogP) is 8.34. The van der Waals surface area contributed by atoms with Crippen LogP contribution >= 0.6 is 0 Å². The fourth-order valence-electron chi connectivity index (χ4n) is 7.46. The van der Waals surface area contributed by atoms with Crippen molar-refractivity contribution in [2.45, 2.75) is 24.9 Å². The quantitative estimate of drug-likeness (QED) is 0.219. The number of ether oxygens (including phenoxy) is 3. The molecule has 1 unspecified atom stereocenters. The van der Waals surface area contributed by atoms with Crippen molar-refractivity contribution in [3.63, 3.8) is 0 Å². The van der Waals surface area contributed by atoms with E-state index in [0.717, 1.165) is 54.3 Å². The second-order valence-corrected chi connectivity index (χ2v) is 12.3. The van der Waals surface area contributed by atoms with E-state index in [1.807, 2.05) is 12.1 Å². The molecule has 0 radical (unpaired) electrons. The van der Waals surface area contributed by atoms with Gasteiger partial charge in [0.15, 0.2) is 5.60 Å². The van der Waals surface area contributed by atoms with Crippen molar-refractivity contribution < 1.29 is 14.2 Å². The summed E-state index contributed by atoms with van der Waals surface area (Å²) >= 11 is 0. The van der Waals surface area contributed by atoms with Gasteiger partial charge in [0, 0.05) is 46.3 Å². The van der Waals surface area contributed by atoms with Crippen LogP contribution in [0.3, 0.4) is 0 Å². The lowest BCUT2D eigenvalue weighted by Gasteiger charge is -2.38. The molecule has 2 heterocycles. The van der Waals surface area contributed by atoms with Crippen molar-refractivity contribution in [3.8, 4) is 22.6 Å². The zero-order chi connectivity index (χ0) is 29.2. The van der Waals surface area contributed by atoms with E-state index < -0.39 is 5.60 Å². The first-order chi connectivity index (χ1) is 21.0. The maximum Gasteiger partial charge on any atom is 0.178 e. The van der Waals surface area contributed by atoms with Crippen LogP contribution in [0.5, 0.6) is 11.5 Å². The van der Waals surface area contributed by atoms with Crippen molar-refractivity contribution in [3.05, 3.63) is 131 Å². The predicted molar refractivity (Wildman–Crippen MR) is 174 cm³/mol. The summed E-state index contributed by atoms with van der Waals surface area (Å²) in [7, 11) is 1.70. The van der Waals surface area contributed by atoms with E-state index in [4.69, 9.17) is 14.2 Å². The van der Waals surface area contributed by atoms with E-state index in [9.17, 15) is 0 Å². The number of fused-ring (bicyclic) bond motifs is 8. The van der Waals surface area contributed by atoms with Crippen molar-refractivity contribution >= 4 is 22.5 Å². The molecule has 0 N–H and O–H groups in total. The highest BCUT2D eigenvalue weighted by Crippen LogP contribution is 2.58. The Hall–Kier alpha value is -4.54.